The van der Waals surface area contributed by atoms with E-state index in [2.05, 4.69) is 4.98 Å². The number of nitrogen functional groups attached to an aromatic ring is 1. The lowest BCUT2D eigenvalue weighted by atomic mass is 10.1. The number of hydrogen-bond donors (Lipinski definition) is 1. The van der Waals surface area contributed by atoms with Gasteiger partial charge in [0, 0.05) is 11.8 Å². The van der Waals surface area contributed by atoms with Gasteiger partial charge < -0.3 is 10.5 Å². The Morgan fingerprint density at radius 2 is 2.00 bits per heavy atom. The van der Waals surface area contributed by atoms with Gasteiger partial charge in [0.2, 0.25) is 5.88 Å². The highest BCUT2D eigenvalue weighted by Crippen LogP contribution is 2.27. The minimum atomic E-state index is 0.324. The first-order valence-corrected chi connectivity index (χ1v) is 5.61. The molecule has 3 nitrogen and oxygen atoms in total. The van der Waals surface area contributed by atoms with Crippen LogP contribution in [-0.4, -0.2) is 4.98 Å². The average molecular weight is 249 g/mol. The molecule has 0 radical (unpaired) electrons. The first-order valence-electron chi connectivity index (χ1n) is 5.23. The summed E-state index contributed by atoms with van der Waals surface area (Å²) in [6.07, 6.45) is 0. The first-order chi connectivity index (χ1) is 8.06. The fourth-order valence-corrected chi connectivity index (χ4v) is 1.70. The van der Waals surface area contributed by atoms with E-state index in [-0.39, 0.29) is 0 Å². The standard InChI is InChI=1S/C13H13ClN2O/c1-8-4-3-5-11(9(8)2)17-13-7-10(15)6-12(14)16-13/h3-7H,1-2H3,(H2,15,16). The maximum Gasteiger partial charge on any atom is 0.222 e. The smallest absolute Gasteiger partial charge is 0.222 e. The van der Waals surface area contributed by atoms with Crippen molar-refractivity contribution in [3.8, 4) is 11.6 Å². The quantitative estimate of drug-likeness (QED) is 0.824. The van der Waals surface area contributed by atoms with E-state index in [1.807, 2.05) is 32.0 Å². The molecule has 0 spiro atoms. The fourth-order valence-electron chi connectivity index (χ4n) is 1.49. The van der Waals surface area contributed by atoms with Crippen LogP contribution in [0.1, 0.15) is 11.1 Å². The van der Waals surface area contributed by atoms with Gasteiger partial charge in [-0.3, -0.25) is 0 Å². The van der Waals surface area contributed by atoms with Crippen LogP contribution in [0, 0.1) is 13.8 Å². The molecule has 2 N–H and O–H groups in total. The molecule has 1 heterocycles. The van der Waals surface area contributed by atoms with Crippen LogP contribution < -0.4 is 10.5 Å². The molecule has 1 aromatic carbocycles. The van der Waals surface area contributed by atoms with E-state index in [1.165, 1.54) is 0 Å². The number of benzene rings is 1. The number of anilines is 1. The third-order valence-electron chi connectivity index (χ3n) is 2.56. The van der Waals surface area contributed by atoms with E-state index in [0.29, 0.717) is 16.7 Å². The lowest BCUT2D eigenvalue weighted by molar-refractivity contribution is 0.459. The van der Waals surface area contributed by atoms with Gasteiger partial charge in [0.1, 0.15) is 10.9 Å². The summed E-state index contributed by atoms with van der Waals surface area (Å²) in [5.74, 6) is 1.17. The fraction of sp³-hybridized carbons (Fsp3) is 0.154. The minimum absolute atomic E-state index is 0.324. The molecule has 0 aliphatic rings. The summed E-state index contributed by atoms with van der Waals surface area (Å²) in [5.41, 5.74) is 8.45. The molecule has 0 saturated heterocycles. The number of rotatable bonds is 2. The van der Waals surface area contributed by atoms with Gasteiger partial charge in [-0.2, -0.15) is 0 Å². The molecule has 4 heteroatoms. The second kappa shape index (κ2) is 4.63. The van der Waals surface area contributed by atoms with Crippen LogP contribution in [0.15, 0.2) is 30.3 Å². The minimum Gasteiger partial charge on any atom is -0.439 e. The van der Waals surface area contributed by atoms with Crippen molar-refractivity contribution < 1.29 is 4.74 Å². The Hall–Kier alpha value is -1.74. The molecule has 0 aliphatic carbocycles. The molecule has 0 aliphatic heterocycles. The maximum absolute atomic E-state index is 5.82. The van der Waals surface area contributed by atoms with Crippen LogP contribution in [-0.2, 0) is 0 Å². The zero-order chi connectivity index (χ0) is 12.4. The number of ether oxygens (including phenoxy) is 1. The van der Waals surface area contributed by atoms with Crippen molar-refractivity contribution in [2.75, 3.05) is 5.73 Å². The Balaban J connectivity index is 2.34. The molecule has 0 unspecified atom stereocenters. The van der Waals surface area contributed by atoms with Crippen molar-refractivity contribution >= 4 is 17.3 Å². The van der Waals surface area contributed by atoms with Gasteiger partial charge >= 0.3 is 0 Å². The predicted molar refractivity (Wildman–Crippen MR) is 69.6 cm³/mol. The lowest BCUT2D eigenvalue weighted by Crippen LogP contribution is -1.94. The van der Waals surface area contributed by atoms with Gasteiger partial charge in [-0.1, -0.05) is 23.7 Å². The second-order valence-electron chi connectivity index (χ2n) is 3.86. The monoisotopic (exact) mass is 248 g/mol. The van der Waals surface area contributed by atoms with Gasteiger partial charge in [0.15, 0.2) is 0 Å². The summed E-state index contributed by atoms with van der Waals surface area (Å²) in [6.45, 7) is 4.03. The van der Waals surface area contributed by atoms with Gasteiger partial charge in [0.05, 0.1) is 0 Å². The van der Waals surface area contributed by atoms with Crippen molar-refractivity contribution in [1.82, 2.24) is 4.98 Å². The summed E-state index contributed by atoms with van der Waals surface area (Å²) < 4.78 is 5.68. The largest absolute Gasteiger partial charge is 0.439 e. The second-order valence-corrected chi connectivity index (χ2v) is 4.25. The van der Waals surface area contributed by atoms with Crippen molar-refractivity contribution in [2.45, 2.75) is 13.8 Å². The average Bonchev–Trinajstić information content (AvgIpc) is 2.23. The topological polar surface area (TPSA) is 48.1 Å². The molecular formula is C13H13ClN2O. The Morgan fingerprint density at radius 1 is 1.24 bits per heavy atom. The number of nitrogens with zero attached hydrogens (tertiary/aromatic N) is 1. The molecule has 0 bridgehead atoms. The Kier molecular flexibility index (Phi) is 3.20. The number of pyridine rings is 1. The highest BCUT2D eigenvalue weighted by atomic mass is 35.5. The maximum atomic E-state index is 5.82. The SMILES string of the molecule is Cc1cccc(Oc2cc(N)cc(Cl)n2)c1C. The zero-order valence-corrected chi connectivity index (χ0v) is 10.5. The summed E-state index contributed by atoms with van der Waals surface area (Å²) in [5, 5.41) is 0.324. The number of aryl methyl sites for hydroxylation is 1. The molecular weight excluding hydrogens is 236 g/mol. The number of nitrogens with two attached hydrogens (primary N) is 1. The van der Waals surface area contributed by atoms with Crippen LogP contribution in [0.5, 0.6) is 11.6 Å². The summed E-state index contributed by atoms with van der Waals surface area (Å²) >= 11 is 5.82. The van der Waals surface area contributed by atoms with Crippen molar-refractivity contribution in [3.05, 3.63) is 46.6 Å². The van der Waals surface area contributed by atoms with Crippen LogP contribution >= 0.6 is 11.6 Å². The van der Waals surface area contributed by atoms with Gasteiger partial charge in [0.25, 0.3) is 0 Å². The van der Waals surface area contributed by atoms with Crippen LogP contribution in [0.3, 0.4) is 0 Å². The first kappa shape index (κ1) is 11.7. The van der Waals surface area contributed by atoms with E-state index in [0.717, 1.165) is 16.9 Å². The molecule has 2 rings (SSSR count). The molecule has 2 aromatic rings. The summed E-state index contributed by atoms with van der Waals surface area (Å²) in [6, 6.07) is 9.08. The van der Waals surface area contributed by atoms with E-state index in [4.69, 9.17) is 22.1 Å². The van der Waals surface area contributed by atoms with Crippen LogP contribution in [0.25, 0.3) is 0 Å². The van der Waals surface area contributed by atoms with Crippen molar-refractivity contribution in [2.24, 2.45) is 0 Å². The van der Waals surface area contributed by atoms with E-state index < -0.39 is 0 Å². The van der Waals surface area contributed by atoms with E-state index >= 15 is 0 Å². The number of halogens is 1. The lowest BCUT2D eigenvalue weighted by Gasteiger charge is -2.10. The normalized spacial score (nSPS) is 10.3. The Morgan fingerprint density at radius 3 is 2.71 bits per heavy atom. The van der Waals surface area contributed by atoms with Crippen LogP contribution in [0.2, 0.25) is 5.15 Å². The highest BCUT2D eigenvalue weighted by molar-refractivity contribution is 6.29. The molecule has 88 valence electrons. The van der Waals surface area contributed by atoms with Crippen LogP contribution in [0.4, 0.5) is 5.69 Å². The summed E-state index contributed by atoms with van der Waals surface area (Å²) in [7, 11) is 0. The van der Waals surface area contributed by atoms with E-state index in [9.17, 15) is 0 Å². The molecule has 0 amide bonds. The Bertz CT molecular complexity index is 535. The number of aromatic nitrogens is 1. The predicted octanol–water partition coefficient (Wildman–Crippen LogP) is 3.73. The third-order valence-corrected chi connectivity index (χ3v) is 2.76. The molecule has 17 heavy (non-hydrogen) atoms. The zero-order valence-electron chi connectivity index (χ0n) is 9.70. The van der Waals surface area contributed by atoms with Gasteiger partial charge in [-0.05, 0) is 37.1 Å². The molecule has 1 aromatic heterocycles. The number of hydrogen-bond acceptors (Lipinski definition) is 3. The Labute approximate surface area is 105 Å². The van der Waals surface area contributed by atoms with Gasteiger partial charge in [-0.25, -0.2) is 4.98 Å². The van der Waals surface area contributed by atoms with E-state index in [1.54, 1.807) is 12.1 Å². The summed E-state index contributed by atoms with van der Waals surface area (Å²) in [4.78, 5) is 4.06. The molecule has 0 saturated carbocycles. The molecule has 0 atom stereocenters. The highest BCUT2D eigenvalue weighted by Gasteiger charge is 2.05. The van der Waals surface area contributed by atoms with Gasteiger partial charge in [-0.15, -0.1) is 0 Å². The molecule has 0 fully saturated rings. The van der Waals surface area contributed by atoms with Crippen molar-refractivity contribution in [1.29, 1.82) is 0 Å². The van der Waals surface area contributed by atoms with Crippen molar-refractivity contribution in [3.63, 3.8) is 0 Å². The third kappa shape index (κ3) is 2.68.